The van der Waals surface area contributed by atoms with Crippen molar-refractivity contribution < 1.29 is 9.59 Å². The van der Waals surface area contributed by atoms with Crippen LogP contribution in [0.15, 0.2) is 12.3 Å². The van der Waals surface area contributed by atoms with Gasteiger partial charge in [-0.05, 0) is 44.7 Å². The minimum absolute atomic E-state index is 0.0134. The van der Waals surface area contributed by atoms with Gasteiger partial charge in [0.2, 0.25) is 0 Å². The van der Waals surface area contributed by atoms with Gasteiger partial charge in [-0.25, -0.2) is 0 Å². The second-order valence-corrected chi connectivity index (χ2v) is 6.37. The van der Waals surface area contributed by atoms with E-state index in [0.29, 0.717) is 17.2 Å². The molecule has 0 aromatic carbocycles. The Morgan fingerprint density at radius 3 is 2.71 bits per heavy atom. The molecule has 1 aromatic heterocycles. The lowest BCUT2D eigenvalue weighted by Crippen LogP contribution is -2.32. The fourth-order valence-electron chi connectivity index (χ4n) is 3.11. The molecule has 2 heterocycles. The van der Waals surface area contributed by atoms with Crippen LogP contribution < -0.4 is 5.32 Å². The standard InChI is InChI=1S/C16H23N3O2/c1-11(20)13-7-15(18(2)10-13)16(21)17-8-12-5-6-19(9-12)14-3-4-14/h7,10,12,14H,3-6,8-9H2,1-2H3,(H,17,21). The fourth-order valence-corrected chi connectivity index (χ4v) is 3.11. The third kappa shape index (κ3) is 3.18. The molecule has 1 aliphatic carbocycles. The molecule has 3 rings (SSSR count). The first kappa shape index (κ1) is 14.3. The summed E-state index contributed by atoms with van der Waals surface area (Å²) in [5.74, 6) is 0.456. The number of Topliss-reactive ketones (excluding diaryl/α,β-unsaturated/α-hetero) is 1. The lowest BCUT2D eigenvalue weighted by molar-refractivity contribution is 0.0939. The number of hydrogen-bond acceptors (Lipinski definition) is 3. The van der Waals surface area contributed by atoms with E-state index in [1.807, 2.05) is 0 Å². The zero-order valence-corrected chi connectivity index (χ0v) is 12.8. The molecule has 1 saturated heterocycles. The van der Waals surface area contributed by atoms with E-state index in [0.717, 1.165) is 19.1 Å². The van der Waals surface area contributed by atoms with Crippen LogP contribution >= 0.6 is 0 Å². The molecule has 2 aliphatic rings. The van der Waals surface area contributed by atoms with Crippen molar-refractivity contribution in [2.24, 2.45) is 13.0 Å². The summed E-state index contributed by atoms with van der Waals surface area (Å²) in [5, 5.41) is 3.02. The largest absolute Gasteiger partial charge is 0.350 e. The minimum Gasteiger partial charge on any atom is -0.350 e. The highest BCUT2D eigenvalue weighted by atomic mass is 16.2. The highest BCUT2D eigenvalue weighted by Crippen LogP contribution is 2.31. The predicted octanol–water partition coefficient (Wildman–Crippen LogP) is 1.44. The van der Waals surface area contributed by atoms with E-state index in [4.69, 9.17) is 0 Å². The number of nitrogens with zero attached hydrogens (tertiary/aromatic N) is 2. The van der Waals surface area contributed by atoms with Gasteiger partial charge in [-0.1, -0.05) is 0 Å². The van der Waals surface area contributed by atoms with Crippen LogP contribution in [0.25, 0.3) is 0 Å². The average molecular weight is 289 g/mol. The van der Waals surface area contributed by atoms with Gasteiger partial charge in [-0.3, -0.25) is 9.59 Å². The van der Waals surface area contributed by atoms with Gasteiger partial charge >= 0.3 is 0 Å². The Balaban J connectivity index is 1.53. The molecular formula is C16H23N3O2. The summed E-state index contributed by atoms with van der Waals surface area (Å²) in [4.78, 5) is 26.1. The minimum atomic E-state index is -0.0881. The maximum atomic E-state index is 12.2. The van der Waals surface area contributed by atoms with Crippen LogP contribution in [0, 0.1) is 5.92 Å². The van der Waals surface area contributed by atoms with Crippen LogP contribution in [0.4, 0.5) is 0 Å². The highest BCUT2D eigenvalue weighted by Gasteiger charge is 2.34. The summed E-state index contributed by atoms with van der Waals surface area (Å²) in [7, 11) is 1.80. The van der Waals surface area contributed by atoms with Gasteiger partial charge in [-0.15, -0.1) is 0 Å². The van der Waals surface area contributed by atoms with Crippen molar-refractivity contribution in [1.29, 1.82) is 0 Å². The number of aryl methyl sites for hydroxylation is 1. The molecule has 1 atom stereocenters. The molecule has 2 fully saturated rings. The first-order valence-corrected chi connectivity index (χ1v) is 7.74. The second-order valence-electron chi connectivity index (χ2n) is 6.37. The van der Waals surface area contributed by atoms with E-state index in [2.05, 4.69) is 10.2 Å². The van der Waals surface area contributed by atoms with E-state index in [-0.39, 0.29) is 11.7 Å². The molecule has 0 bridgehead atoms. The third-order valence-corrected chi connectivity index (χ3v) is 4.58. The summed E-state index contributed by atoms with van der Waals surface area (Å²) in [5.41, 5.74) is 1.14. The van der Waals surface area contributed by atoms with E-state index in [1.54, 1.807) is 23.9 Å². The molecule has 1 saturated carbocycles. The third-order valence-electron chi connectivity index (χ3n) is 4.58. The van der Waals surface area contributed by atoms with Crippen LogP contribution in [-0.4, -0.2) is 46.8 Å². The van der Waals surface area contributed by atoms with Crippen LogP contribution in [0.1, 0.15) is 47.0 Å². The van der Waals surface area contributed by atoms with Gasteiger partial charge in [0.1, 0.15) is 5.69 Å². The Morgan fingerprint density at radius 1 is 1.33 bits per heavy atom. The van der Waals surface area contributed by atoms with Crippen molar-refractivity contribution in [3.63, 3.8) is 0 Å². The van der Waals surface area contributed by atoms with Gasteiger partial charge in [-0.2, -0.15) is 0 Å². The van der Waals surface area contributed by atoms with E-state index < -0.39 is 0 Å². The zero-order valence-electron chi connectivity index (χ0n) is 12.8. The number of hydrogen-bond donors (Lipinski definition) is 1. The maximum Gasteiger partial charge on any atom is 0.267 e. The van der Waals surface area contributed by atoms with E-state index in [9.17, 15) is 9.59 Å². The van der Waals surface area contributed by atoms with Crippen LogP contribution in [0.3, 0.4) is 0 Å². The monoisotopic (exact) mass is 289 g/mol. The van der Waals surface area contributed by atoms with Crippen molar-refractivity contribution in [2.75, 3.05) is 19.6 Å². The molecule has 1 N–H and O–H groups in total. The van der Waals surface area contributed by atoms with Crippen LogP contribution in [-0.2, 0) is 7.05 Å². The first-order chi connectivity index (χ1) is 10.0. The van der Waals surface area contributed by atoms with Crippen LogP contribution in [0.5, 0.6) is 0 Å². The van der Waals surface area contributed by atoms with Crippen molar-refractivity contribution >= 4 is 11.7 Å². The van der Waals surface area contributed by atoms with Crippen molar-refractivity contribution in [1.82, 2.24) is 14.8 Å². The number of carbonyl (C=O) groups is 2. The Hall–Kier alpha value is -1.62. The predicted molar refractivity (Wildman–Crippen MR) is 80.5 cm³/mol. The quantitative estimate of drug-likeness (QED) is 0.835. The molecule has 0 spiro atoms. The van der Waals surface area contributed by atoms with Gasteiger partial charge in [0.05, 0.1) is 0 Å². The van der Waals surface area contributed by atoms with Crippen LogP contribution in [0.2, 0.25) is 0 Å². The Labute approximate surface area is 125 Å². The van der Waals surface area contributed by atoms with Gasteiger partial charge in [0, 0.05) is 37.9 Å². The molecule has 1 amide bonds. The highest BCUT2D eigenvalue weighted by molar-refractivity contribution is 5.99. The molecule has 1 aromatic rings. The van der Waals surface area contributed by atoms with Gasteiger partial charge in [0.25, 0.3) is 5.91 Å². The number of aromatic nitrogens is 1. The maximum absolute atomic E-state index is 12.2. The zero-order chi connectivity index (χ0) is 15.0. The lowest BCUT2D eigenvalue weighted by Gasteiger charge is -2.15. The SMILES string of the molecule is CC(=O)c1cc(C(=O)NCC2CCN(C3CC3)C2)n(C)c1. The smallest absolute Gasteiger partial charge is 0.267 e. The van der Waals surface area contributed by atoms with E-state index >= 15 is 0 Å². The molecule has 1 aliphatic heterocycles. The molecule has 114 valence electrons. The molecular weight excluding hydrogens is 266 g/mol. The topological polar surface area (TPSA) is 54.3 Å². The molecule has 5 nitrogen and oxygen atoms in total. The summed E-state index contributed by atoms with van der Waals surface area (Å²) in [6.45, 7) is 4.52. The Kier molecular flexibility index (Phi) is 3.85. The number of nitrogens with one attached hydrogen (secondary N) is 1. The summed E-state index contributed by atoms with van der Waals surface area (Å²) in [6.07, 6.45) is 5.57. The summed E-state index contributed by atoms with van der Waals surface area (Å²) >= 11 is 0. The molecule has 21 heavy (non-hydrogen) atoms. The Bertz CT molecular complexity index is 560. The van der Waals surface area contributed by atoms with Crippen molar-refractivity contribution in [3.05, 3.63) is 23.5 Å². The first-order valence-electron chi connectivity index (χ1n) is 7.74. The molecule has 5 heteroatoms. The van der Waals surface area contributed by atoms with E-state index in [1.165, 1.54) is 32.7 Å². The number of likely N-dealkylation sites (tertiary alicyclic amines) is 1. The second kappa shape index (κ2) is 5.64. The summed E-state index contributed by atoms with van der Waals surface area (Å²) < 4.78 is 1.72. The number of rotatable bonds is 5. The average Bonchev–Trinajstić information content (AvgIpc) is 3.05. The van der Waals surface area contributed by atoms with Gasteiger partial charge in [0.15, 0.2) is 5.78 Å². The lowest BCUT2D eigenvalue weighted by atomic mass is 10.1. The summed E-state index contributed by atoms with van der Waals surface area (Å²) in [6, 6.07) is 2.49. The normalized spacial score (nSPS) is 22.5. The number of amides is 1. The Morgan fingerprint density at radius 2 is 2.10 bits per heavy atom. The molecule has 1 unspecified atom stereocenters. The molecule has 0 radical (unpaired) electrons. The fraction of sp³-hybridized carbons (Fsp3) is 0.625. The van der Waals surface area contributed by atoms with Gasteiger partial charge < -0.3 is 14.8 Å². The van der Waals surface area contributed by atoms with Crippen molar-refractivity contribution in [2.45, 2.75) is 32.2 Å². The van der Waals surface area contributed by atoms with Crippen molar-refractivity contribution in [3.8, 4) is 0 Å². The number of ketones is 1. The number of carbonyl (C=O) groups excluding carboxylic acids is 2.